The highest BCUT2D eigenvalue weighted by atomic mass is 32.2. The largest absolute Gasteiger partial charge is 0.508 e. The van der Waals surface area contributed by atoms with Gasteiger partial charge in [0.2, 0.25) is 0 Å². The van der Waals surface area contributed by atoms with E-state index >= 15 is 0 Å². The molecule has 0 amide bonds. The van der Waals surface area contributed by atoms with Gasteiger partial charge < -0.3 is 5.11 Å². The molecular weight excluding hydrogens is 384 g/mol. The van der Waals surface area contributed by atoms with Crippen molar-refractivity contribution in [1.29, 1.82) is 0 Å². The van der Waals surface area contributed by atoms with Crippen molar-refractivity contribution in [3.8, 4) is 11.4 Å². The third kappa shape index (κ3) is 4.85. The second-order valence-electron chi connectivity index (χ2n) is 7.59. The minimum atomic E-state index is -0.272. The molecule has 150 valence electrons. The first-order valence-corrected chi connectivity index (χ1v) is 11.0. The van der Waals surface area contributed by atoms with Crippen LogP contribution in [0.3, 0.4) is 0 Å². The van der Waals surface area contributed by atoms with Crippen LogP contribution in [0.2, 0.25) is 0 Å². The zero-order chi connectivity index (χ0) is 20.2. The molecular formula is C22H24N4O2S. The Hall–Kier alpha value is -2.67. The molecule has 7 heteroatoms. The van der Waals surface area contributed by atoms with Crippen LogP contribution < -0.4 is 5.56 Å². The Morgan fingerprint density at radius 2 is 1.83 bits per heavy atom. The fraction of sp³-hybridized carbons (Fsp3) is 0.364. The quantitative estimate of drug-likeness (QED) is 0.627. The summed E-state index contributed by atoms with van der Waals surface area (Å²) in [7, 11) is 0. The lowest BCUT2D eigenvalue weighted by Gasteiger charge is -2.11. The molecule has 3 aromatic heterocycles. The first-order valence-electron chi connectivity index (χ1n) is 9.82. The van der Waals surface area contributed by atoms with Gasteiger partial charge in [-0.3, -0.25) is 14.3 Å². The Kier molecular flexibility index (Phi) is 5.94. The lowest BCUT2D eigenvalue weighted by molar-refractivity contribution is 0.472. The summed E-state index contributed by atoms with van der Waals surface area (Å²) < 4.78 is 1.48. The van der Waals surface area contributed by atoms with Crippen LogP contribution in [0, 0.1) is 11.8 Å². The lowest BCUT2D eigenvalue weighted by Crippen LogP contribution is -2.16. The van der Waals surface area contributed by atoms with E-state index in [4.69, 9.17) is 0 Å². The Labute approximate surface area is 174 Å². The van der Waals surface area contributed by atoms with E-state index in [-0.39, 0.29) is 11.3 Å². The van der Waals surface area contributed by atoms with Gasteiger partial charge in [-0.2, -0.15) is 0 Å². The van der Waals surface area contributed by atoms with Crippen molar-refractivity contribution in [3.63, 3.8) is 0 Å². The van der Waals surface area contributed by atoms with Crippen LogP contribution in [0.4, 0.5) is 0 Å². The van der Waals surface area contributed by atoms with Gasteiger partial charge in [0.05, 0.1) is 11.9 Å². The highest BCUT2D eigenvalue weighted by Gasteiger charge is 2.26. The average molecular weight is 409 g/mol. The standard InChI is InChI=1S/C22H24N4O2S/c1-29-20-13-24-21(25-14-20)10-16-3-2-15(8-16)9-17-4-5-18(12-23-17)26-7-6-19(27)11-22(26)28/h4-7,11-16,27H,2-3,8-10H2,1H3/t15-,16-/m0/s1. The summed E-state index contributed by atoms with van der Waals surface area (Å²) in [5, 5.41) is 9.39. The number of hydrogen-bond donors (Lipinski definition) is 1. The molecule has 0 saturated heterocycles. The molecule has 6 nitrogen and oxygen atoms in total. The summed E-state index contributed by atoms with van der Waals surface area (Å²) in [6.07, 6.45) is 14.6. The van der Waals surface area contributed by atoms with Crippen LogP contribution in [-0.4, -0.2) is 30.9 Å². The van der Waals surface area contributed by atoms with Gasteiger partial charge in [-0.15, -0.1) is 11.8 Å². The number of thioether (sulfide) groups is 1. The molecule has 3 aromatic rings. The van der Waals surface area contributed by atoms with Gasteiger partial charge in [-0.25, -0.2) is 9.97 Å². The van der Waals surface area contributed by atoms with E-state index in [1.807, 2.05) is 30.8 Å². The molecule has 0 spiro atoms. The highest BCUT2D eigenvalue weighted by molar-refractivity contribution is 7.98. The van der Waals surface area contributed by atoms with E-state index < -0.39 is 0 Å². The van der Waals surface area contributed by atoms with E-state index in [1.54, 1.807) is 24.2 Å². The molecule has 1 N–H and O–H groups in total. The van der Waals surface area contributed by atoms with Crippen LogP contribution in [0.1, 0.15) is 30.8 Å². The maximum absolute atomic E-state index is 12.0. The molecule has 0 unspecified atom stereocenters. The Morgan fingerprint density at radius 1 is 1.07 bits per heavy atom. The number of nitrogens with zero attached hydrogens (tertiary/aromatic N) is 4. The van der Waals surface area contributed by atoms with Gasteiger partial charge in [0.1, 0.15) is 11.6 Å². The second kappa shape index (κ2) is 8.78. The smallest absolute Gasteiger partial charge is 0.258 e. The molecule has 1 saturated carbocycles. The molecule has 4 rings (SSSR count). The summed E-state index contributed by atoms with van der Waals surface area (Å²) in [5.74, 6) is 2.17. The predicted octanol–water partition coefficient (Wildman–Crippen LogP) is 3.65. The van der Waals surface area contributed by atoms with Crippen molar-refractivity contribution in [2.45, 2.75) is 37.0 Å². The summed E-state index contributed by atoms with van der Waals surface area (Å²) in [4.78, 5) is 26.6. The Morgan fingerprint density at radius 3 is 2.48 bits per heavy atom. The van der Waals surface area contributed by atoms with Gasteiger partial charge in [-0.05, 0) is 62.0 Å². The molecule has 0 aliphatic heterocycles. The third-order valence-electron chi connectivity index (χ3n) is 5.53. The van der Waals surface area contributed by atoms with Crippen LogP contribution in [-0.2, 0) is 12.8 Å². The van der Waals surface area contributed by atoms with E-state index in [0.29, 0.717) is 17.5 Å². The molecule has 3 heterocycles. The van der Waals surface area contributed by atoms with Crippen LogP contribution in [0.25, 0.3) is 5.69 Å². The molecule has 1 fully saturated rings. The van der Waals surface area contributed by atoms with Gasteiger partial charge in [0.15, 0.2) is 0 Å². The van der Waals surface area contributed by atoms with Gasteiger partial charge in [0, 0.05) is 41.7 Å². The minimum Gasteiger partial charge on any atom is -0.508 e. The molecule has 2 atom stereocenters. The lowest BCUT2D eigenvalue weighted by atomic mass is 9.97. The third-order valence-corrected chi connectivity index (χ3v) is 6.21. The molecule has 1 aliphatic carbocycles. The molecule has 0 aromatic carbocycles. The van der Waals surface area contributed by atoms with Gasteiger partial charge >= 0.3 is 0 Å². The SMILES string of the molecule is CSc1cnc(C[C@H]2CC[C@H](Cc3ccc(-n4ccc(O)cc4=O)cn3)C2)nc1. The summed E-state index contributed by atoms with van der Waals surface area (Å²) in [6, 6.07) is 6.60. The maximum atomic E-state index is 12.0. The molecule has 29 heavy (non-hydrogen) atoms. The Balaban J connectivity index is 1.34. The fourth-order valence-electron chi connectivity index (χ4n) is 4.02. The number of pyridine rings is 2. The zero-order valence-electron chi connectivity index (χ0n) is 16.4. The van der Waals surface area contributed by atoms with Crippen molar-refractivity contribution >= 4 is 11.8 Å². The maximum Gasteiger partial charge on any atom is 0.258 e. The van der Waals surface area contributed by atoms with Crippen LogP contribution in [0.15, 0.2) is 58.7 Å². The summed E-state index contributed by atoms with van der Waals surface area (Å²) in [5.41, 5.74) is 1.48. The minimum absolute atomic E-state index is 0.0304. The average Bonchev–Trinajstić information content (AvgIpc) is 3.16. The fourth-order valence-corrected chi connectivity index (χ4v) is 4.34. The van der Waals surface area contributed by atoms with E-state index in [1.165, 1.54) is 36.0 Å². The Bertz CT molecular complexity index is 1020. The van der Waals surface area contributed by atoms with Crippen molar-refractivity contribution in [2.24, 2.45) is 11.8 Å². The van der Waals surface area contributed by atoms with Crippen molar-refractivity contribution in [1.82, 2.24) is 19.5 Å². The highest BCUT2D eigenvalue weighted by Crippen LogP contribution is 2.34. The van der Waals surface area contributed by atoms with E-state index in [9.17, 15) is 9.90 Å². The van der Waals surface area contributed by atoms with Gasteiger partial charge in [0.25, 0.3) is 5.56 Å². The first-order chi connectivity index (χ1) is 14.1. The number of rotatable bonds is 6. The molecule has 0 radical (unpaired) electrons. The van der Waals surface area contributed by atoms with Gasteiger partial charge in [-0.1, -0.05) is 0 Å². The van der Waals surface area contributed by atoms with E-state index in [0.717, 1.165) is 29.3 Å². The monoisotopic (exact) mass is 408 g/mol. The van der Waals surface area contributed by atoms with Crippen molar-refractivity contribution in [2.75, 3.05) is 6.26 Å². The van der Waals surface area contributed by atoms with E-state index in [2.05, 4.69) is 15.0 Å². The van der Waals surface area contributed by atoms with Crippen LogP contribution in [0.5, 0.6) is 5.75 Å². The van der Waals surface area contributed by atoms with Crippen LogP contribution >= 0.6 is 11.8 Å². The zero-order valence-corrected chi connectivity index (χ0v) is 17.2. The molecule has 0 bridgehead atoms. The first kappa shape index (κ1) is 19.6. The number of hydrogen-bond acceptors (Lipinski definition) is 6. The van der Waals surface area contributed by atoms with Crippen molar-refractivity contribution < 1.29 is 5.11 Å². The normalized spacial score (nSPS) is 18.8. The molecule has 1 aliphatic rings. The van der Waals surface area contributed by atoms with Crippen molar-refractivity contribution in [3.05, 3.63) is 70.9 Å². The topological polar surface area (TPSA) is 80.9 Å². The summed E-state index contributed by atoms with van der Waals surface area (Å²) >= 11 is 1.66. The number of aromatic hydroxyl groups is 1. The number of aromatic nitrogens is 4. The second-order valence-corrected chi connectivity index (χ2v) is 8.47. The summed E-state index contributed by atoms with van der Waals surface area (Å²) in [6.45, 7) is 0. The predicted molar refractivity (Wildman–Crippen MR) is 114 cm³/mol.